The molecule has 2 saturated heterocycles. The van der Waals surface area contributed by atoms with Crippen LogP contribution in [0.1, 0.15) is 21.5 Å². The molecule has 1 N–H and O–H groups in total. The maximum atomic E-state index is 11.4. The lowest BCUT2D eigenvalue weighted by atomic mass is 10.0. The third kappa shape index (κ3) is 4.79. The number of aromatic hydroxyl groups is 1. The Labute approximate surface area is 150 Å². The molecule has 2 aliphatic heterocycles. The fourth-order valence-electron chi connectivity index (χ4n) is 3.59. The smallest absolute Gasteiger partial charge is 0.150 e. The van der Waals surface area contributed by atoms with Gasteiger partial charge in [0, 0.05) is 82.1 Å². The Morgan fingerprint density at radius 3 is 1.60 bits per heavy atom. The number of benzene rings is 1. The van der Waals surface area contributed by atoms with Crippen LogP contribution in [0.5, 0.6) is 5.75 Å². The number of rotatable bonds is 5. The number of likely N-dealkylation sites (N-methyl/N-ethyl adjacent to an activating group) is 2. The summed E-state index contributed by atoms with van der Waals surface area (Å²) in [4.78, 5) is 20.7. The molecule has 2 heterocycles. The highest BCUT2D eigenvalue weighted by Crippen LogP contribution is 2.27. The first-order valence-electron chi connectivity index (χ1n) is 9.17. The molecule has 0 bridgehead atoms. The Kier molecular flexibility index (Phi) is 6.06. The monoisotopic (exact) mass is 346 g/mol. The van der Waals surface area contributed by atoms with Gasteiger partial charge in [-0.05, 0) is 26.2 Å². The summed E-state index contributed by atoms with van der Waals surface area (Å²) in [6.07, 6.45) is 0.889. The minimum atomic E-state index is 0.364. The van der Waals surface area contributed by atoms with Gasteiger partial charge in [-0.1, -0.05) is 0 Å². The molecule has 0 aromatic heterocycles. The molecular formula is C19H30N4O2. The molecule has 0 amide bonds. The number of piperazine rings is 2. The number of carbonyl (C=O) groups is 1. The van der Waals surface area contributed by atoms with Gasteiger partial charge in [-0.15, -0.1) is 0 Å². The molecule has 1 aromatic carbocycles. The number of aldehydes is 1. The van der Waals surface area contributed by atoms with E-state index in [4.69, 9.17) is 0 Å². The lowest BCUT2D eigenvalue weighted by molar-refractivity contribution is 0.112. The van der Waals surface area contributed by atoms with Crippen molar-refractivity contribution in [3.8, 4) is 5.75 Å². The van der Waals surface area contributed by atoms with Gasteiger partial charge in [0.05, 0.1) is 0 Å². The second kappa shape index (κ2) is 8.27. The van der Waals surface area contributed by atoms with Crippen molar-refractivity contribution in [2.24, 2.45) is 0 Å². The molecule has 1 aromatic rings. The number of nitrogens with zero attached hydrogens (tertiary/aromatic N) is 4. The Balaban J connectivity index is 1.73. The standard InChI is InChI=1S/C19H30N4O2/c1-20-3-7-22(8-4-20)13-17-11-16(15-24)12-18(19(17)25)14-23-9-5-21(2)6-10-23/h11-12,15,25H,3-10,13-14H2,1-2H3. The quantitative estimate of drug-likeness (QED) is 0.792. The second-order valence-corrected chi connectivity index (χ2v) is 7.46. The molecule has 6 nitrogen and oxygen atoms in total. The van der Waals surface area contributed by atoms with Gasteiger partial charge in [0.1, 0.15) is 12.0 Å². The summed E-state index contributed by atoms with van der Waals surface area (Å²) < 4.78 is 0. The fraction of sp³-hybridized carbons (Fsp3) is 0.632. The van der Waals surface area contributed by atoms with E-state index in [0.717, 1.165) is 69.8 Å². The van der Waals surface area contributed by atoms with Crippen LogP contribution in [0.3, 0.4) is 0 Å². The summed E-state index contributed by atoms with van der Waals surface area (Å²) in [6.45, 7) is 9.57. The zero-order chi connectivity index (χ0) is 17.8. The van der Waals surface area contributed by atoms with Crippen molar-refractivity contribution in [1.29, 1.82) is 0 Å². The molecule has 2 aliphatic rings. The molecule has 138 valence electrons. The highest BCUT2D eigenvalue weighted by molar-refractivity contribution is 5.76. The van der Waals surface area contributed by atoms with Gasteiger partial charge in [-0.3, -0.25) is 14.6 Å². The van der Waals surface area contributed by atoms with Crippen LogP contribution < -0.4 is 0 Å². The summed E-state index contributed by atoms with van der Waals surface area (Å²) in [5.41, 5.74) is 2.41. The Bertz CT molecular complexity index is 546. The first kappa shape index (κ1) is 18.3. The van der Waals surface area contributed by atoms with Crippen molar-refractivity contribution in [3.05, 3.63) is 28.8 Å². The van der Waals surface area contributed by atoms with Crippen molar-refractivity contribution < 1.29 is 9.90 Å². The molecule has 0 unspecified atom stereocenters. The van der Waals surface area contributed by atoms with Crippen LogP contribution in [0.2, 0.25) is 0 Å². The number of hydrogen-bond donors (Lipinski definition) is 1. The minimum Gasteiger partial charge on any atom is -0.507 e. The average molecular weight is 346 g/mol. The zero-order valence-electron chi connectivity index (χ0n) is 15.4. The third-order valence-electron chi connectivity index (χ3n) is 5.41. The molecule has 0 saturated carbocycles. The number of phenolic OH excluding ortho intramolecular Hbond substituents is 1. The Hall–Kier alpha value is -1.47. The summed E-state index contributed by atoms with van der Waals surface area (Å²) in [5.74, 6) is 0.364. The third-order valence-corrected chi connectivity index (χ3v) is 5.41. The normalized spacial score (nSPS) is 21.5. The minimum absolute atomic E-state index is 0.364. The molecule has 0 atom stereocenters. The van der Waals surface area contributed by atoms with Crippen molar-refractivity contribution >= 4 is 6.29 Å². The van der Waals surface area contributed by atoms with E-state index in [2.05, 4.69) is 33.7 Å². The highest BCUT2D eigenvalue weighted by atomic mass is 16.3. The zero-order valence-corrected chi connectivity index (χ0v) is 15.4. The van der Waals surface area contributed by atoms with Crippen molar-refractivity contribution in [2.75, 3.05) is 66.5 Å². The first-order valence-corrected chi connectivity index (χ1v) is 9.17. The molecule has 2 fully saturated rings. The average Bonchev–Trinajstić information content (AvgIpc) is 2.62. The van der Waals surface area contributed by atoms with Crippen LogP contribution in [-0.2, 0) is 13.1 Å². The predicted molar refractivity (Wildman–Crippen MR) is 99.0 cm³/mol. The van der Waals surface area contributed by atoms with Crippen molar-refractivity contribution in [2.45, 2.75) is 13.1 Å². The van der Waals surface area contributed by atoms with Gasteiger partial charge in [0.2, 0.25) is 0 Å². The summed E-state index contributed by atoms with van der Waals surface area (Å²) in [5, 5.41) is 10.8. The highest BCUT2D eigenvalue weighted by Gasteiger charge is 2.20. The van der Waals surface area contributed by atoms with Gasteiger partial charge in [0.15, 0.2) is 0 Å². The van der Waals surface area contributed by atoms with Gasteiger partial charge in [0.25, 0.3) is 0 Å². The van der Waals surface area contributed by atoms with Gasteiger partial charge >= 0.3 is 0 Å². The van der Waals surface area contributed by atoms with Crippen LogP contribution in [0, 0.1) is 0 Å². The summed E-state index contributed by atoms with van der Waals surface area (Å²) in [6, 6.07) is 3.68. The van der Waals surface area contributed by atoms with E-state index in [9.17, 15) is 9.90 Å². The van der Waals surface area contributed by atoms with Gasteiger partial charge in [-0.25, -0.2) is 0 Å². The summed E-state index contributed by atoms with van der Waals surface area (Å²) in [7, 11) is 4.27. The molecule has 0 aliphatic carbocycles. The van der Waals surface area contributed by atoms with E-state index in [1.54, 1.807) is 0 Å². The molecule has 25 heavy (non-hydrogen) atoms. The second-order valence-electron chi connectivity index (χ2n) is 7.46. The summed E-state index contributed by atoms with van der Waals surface area (Å²) >= 11 is 0. The lowest BCUT2D eigenvalue weighted by Gasteiger charge is -2.33. The maximum absolute atomic E-state index is 11.4. The molecular weight excluding hydrogens is 316 g/mol. The van der Waals surface area contributed by atoms with E-state index >= 15 is 0 Å². The lowest BCUT2D eigenvalue weighted by Crippen LogP contribution is -2.44. The topological polar surface area (TPSA) is 50.3 Å². The van der Waals surface area contributed by atoms with Crippen LogP contribution in [0.15, 0.2) is 12.1 Å². The van der Waals surface area contributed by atoms with E-state index in [0.29, 0.717) is 24.4 Å². The van der Waals surface area contributed by atoms with Crippen molar-refractivity contribution in [3.63, 3.8) is 0 Å². The number of carbonyl (C=O) groups excluding carboxylic acids is 1. The van der Waals surface area contributed by atoms with E-state index in [-0.39, 0.29) is 0 Å². The van der Waals surface area contributed by atoms with Crippen LogP contribution in [0.25, 0.3) is 0 Å². The van der Waals surface area contributed by atoms with Crippen molar-refractivity contribution in [1.82, 2.24) is 19.6 Å². The van der Waals surface area contributed by atoms with E-state index in [1.165, 1.54) is 0 Å². The largest absolute Gasteiger partial charge is 0.507 e. The number of hydrogen-bond acceptors (Lipinski definition) is 6. The van der Waals surface area contributed by atoms with E-state index < -0.39 is 0 Å². The Morgan fingerprint density at radius 1 is 0.840 bits per heavy atom. The molecule has 0 radical (unpaired) electrons. The molecule has 3 rings (SSSR count). The van der Waals surface area contributed by atoms with Crippen LogP contribution in [0.4, 0.5) is 0 Å². The first-order chi connectivity index (χ1) is 12.0. The number of phenols is 1. The Morgan fingerprint density at radius 2 is 1.24 bits per heavy atom. The fourth-order valence-corrected chi connectivity index (χ4v) is 3.59. The SMILES string of the molecule is CN1CCN(Cc2cc(C=O)cc(CN3CCN(C)CC3)c2O)CC1. The van der Waals surface area contributed by atoms with Crippen LogP contribution >= 0.6 is 0 Å². The molecule has 6 heteroatoms. The van der Waals surface area contributed by atoms with Gasteiger partial charge < -0.3 is 14.9 Å². The maximum Gasteiger partial charge on any atom is 0.150 e. The van der Waals surface area contributed by atoms with Crippen LogP contribution in [-0.4, -0.2) is 97.4 Å². The predicted octanol–water partition coefficient (Wildman–Crippen LogP) is 0.700. The molecule has 0 spiro atoms. The van der Waals surface area contributed by atoms with E-state index in [1.807, 2.05) is 12.1 Å². The van der Waals surface area contributed by atoms with Gasteiger partial charge in [-0.2, -0.15) is 0 Å².